The van der Waals surface area contributed by atoms with Crippen molar-refractivity contribution in [3.05, 3.63) is 34.6 Å². The van der Waals surface area contributed by atoms with Gasteiger partial charge in [-0.1, -0.05) is 37.3 Å². The minimum atomic E-state index is -0.244. The number of benzene rings is 1. The molecule has 1 aromatic rings. The third-order valence-corrected chi connectivity index (χ3v) is 4.48. The van der Waals surface area contributed by atoms with E-state index in [1.165, 1.54) is 44.2 Å². The van der Waals surface area contributed by atoms with Gasteiger partial charge in [0.2, 0.25) is 0 Å². The molecule has 0 aliphatic heterocycles. The Morgan fingerprint density at radius 3 is 2.79 bits per heavy atom. The van der Waals surface area contributed by atoms with Crippen molar-refractivity contribution >= 4 is 11.6 Å². The molecule has 0 bridgehead atoms. The first-order chi connectivity index (χ1) is 9.19. The number of nitrogens with one attached hydrogen (secondary N) is 1. The summed E-state index contributed by atoms with van der Waals surface area (Å²) in [5.41, 5.74) is 3.67. The van der Waals surface area contributed by atoms with Crippen molar-refractivity contribution in [2.45, 2.75) is 51.0 Å². The summed E-state index contributed by atoms with van der Waals surface area (Å²) in [7, 11) is 0. The Morgan fingerprint density at radius 2 is 2.11 bits per heavy atom. The van der Waals surface area contributed by atoms with Crippen molar-refractivity contribution in [3.8, 4) is 0 Å². The van der Waals surface area contributed by atoms with Gasteiger partial charge in [-0.25, -0.2) is 4.39 Å². The van der Waals surface area contributed by atoms with Gasteiger partial charge in [-0.2, -0.15) is 0 Å². The Bertz CT molecular complexity index is 405. The molecule has 1 aliphatic rings. The van der Waals surface area contributed by atoms with Crippen LogP contribution in [-0.2, 0) is 6.42 Å². The highest BCUT2D eigenvalue weighted by Gasteiger charge is 2.18. The number of hydrogen-bond donors (Lipinski definition) is 2. The van der Waals surface area contributed by atoms with Crippen molar-refractivity contribution in [1.82, 2.24) is 5.43 Å². The average molecular weight is 285 g/mol. The summed E-state index contributed by atoms with van der Waals surface area (Å²) in [4.78, 5) is 0. The van der Waals surface area contributed by atoms with Crippen LogP contribution in [0.1, 0.15) is 44.1 Å². The Kier molecular flexibility index (Phi) is 5.61. The van der Waals surface area contributed by atoms with Crippen LogP contribution in [0.15, 0.2) is 18.2 Å². The molecule has 4 heteroatoms. The molecule has 1 atom stereocenters. The van der Waals surface area contributed by atoms with Gasteiger partial charge in [0.25, 0.3) is 0 Å². The number of hydrazine groups is 1. The van der Waals surface area contributed by atoms with Gasteiger partial charge in [-0.15, -0.1) is 0 Å². The van der Waals surface area contributed by atoms with E-state index in [2.05, 4.69) is 5.43 Å². The maximum atomic E-state index is 13.2. The molecule has 0 saturated heterocycles. The van der Waals surface area contributed by atoms with E-state index in [0.29, 0.717) is 11.4 Å². The fourth-order valence-corrected chi connectivity index (χ4v) is 3.14. The van der Waals surface area contributed by atoms with Crippen molar-refractivity contribution in [2.75, 3.05) is 0 Å². The maximum absolute atomic E-state index is 13.2. The second-order valence-electron chi connectivity index (χ2n) is 5.53. The van der Waals surface area contributed by atoms with Crippen LogP contribution in [0.25, 0.3) is 0 Å². The van der Waals surface area contributed by atoms with E-state index in [1.807, 2.05) is 0 Å². The summed E-state index contributed by atoms with van der Waals surface area (Å²) in [6.07, 6.45) is 8.31. The molecule has 3 N–H and O–H groups in total. The van der Waals surface area contributed by atoms with Crippen LogP contribution in [0, 0.1) is 11.7 Å². The van der Waals surface area contributed by atoms with Gasteiger partial charge in [0.05, 0.1) is 0 Å². The lowest BCUT2D eigenvalue weighted by Gasteiger charge is -2.18. The molecule has 1 aromatic carbocycles. The van der Waals surface area contributed by atoms with Gasteiger partial charge in [0.15, 0.2) is 0 Å². The molecule has 0 aromatic heterocycles. The van der Waals surface area contributed by atoms with E-state index in [4.69, 9.17) is 17.4 Å². The molecule has 0 heterocycles. The van der Waals surface area contributed by atoms with Crippen LogP contribution in [-0.4, -0.2) is 6.04 Å². The Labute approximate surface area is 119 Å². The fourth-order valence-electron chi connectivity index (χ4n) is 2.95. The van der Waals surface area contributed by atoms with Crippen molar-refractivity contribution < 1.29 is 4.39 Å². The molecule has 0 spiro atoms. The van der Waals surface area contributed by atoms with Gasteiger partial charge in [-0.3, -0.25) is 11.3 Å². The van der Waals surface area contributed by atoms with Gasteiger partial charge in [-0.05, 0) is 48.9 Å². The smallest absolute Gasteiger partial charge is 0.123 e. The molecular formula is C15H22ClFN2. The molecular weight excluding hydrogens is 263 g/mol. The topological polar surface area (TPSA) is 38.0 Å². The first-order valence-electron chi connectivity index (χ1n) is 7.09. The van der Waals surface area contributed by atoms with Crippen LogP contribution in [0.5, 0.6) is 0 Å². The highest BCUT2D eigenvalue weighted by atomic mass is 35.5. The summed E-state index contributed by atoms with van der Waals surface area (Å²) in [6.45, 7) is 0. The number of hydrogen-bond acceptors (Lipinski definition) is 2. The number of halogens is 2. The fraction of sp³-hybridized carbons (Fsp3) is 0.600. The van der Waals surface area contributed by atoms with Crippen LogP contribution < -0.4 is 11.3 Å². The van der Waals surface area contributed by atoms with Crippen LogP contribution in [0.2, 0.25) is 5.02 Å². The quantitative estimate of drug-likeness (QED) is 0.615. The maximum Gasteiger partial charge on any atom is 0.123 e. The number of rotatable bonds is 6. The molecule has 2 nitrogen and oxygen atoms in total. The molecule has 1 aliphatic carbocycles. The average Bonchev–Trinajstić information content (AvgIpc) is 2.91. The van der Waals surface area contributed by atoms with E-state index in [9.17, 15) is 4.39 Å². The first-order valence-corrected chi connectivity index (χ1v) is 7.47. The summed E-state index contributed by atoms with van der Waals surface area (Å²) >= 11 is 6.09. The largest absolute Gasteiger partial charge is 0.271 e. The molecule has 19 heavy (non-hydrogen) atoms. The molecule has 106 valence electrons. The Morgan fingerprint density at radius 1 is 1.37 bits per heavy atom. The van der Waals surface area contributed by atoms with Crippen molar-refractivity contribution in [3.63, 3.8) is 0 Å². The van der Waals surface area contributed by atoms with Crippen molar-refractivity contribution in [1.29, 1.82) is 0 Å². The first kappa shape index (κ1) is 14.8. The monoisotopic (exact) mass is 284 g/mol. The molecule has 0 amide bonds. The zero-order chi connectivity index (χ0) is 13.7. The zero-order valence-corrected chi connectivity index (χ0v) is 11.9. The summed E-state index contributed by atoms with van der Waals surface area (Å²) in [5.74, 6) is 6.21. The van der Waals surface area contributed by atoms with Crippen molar-refractivity contribution in [2.24, 2.45) is 11.8 Å². The van der Waals surface area contributed by atoms with Gasteiger partial charge in [0.1, 0.15) is 5.82 Å². The van der Waals surface area contributed by atoms with E-state index in [1.54, 1.807) is 6.07 Å². The Balaban J connectivity index is 1.88. The summed E-state index contributed by atoms with van der Waals surface area (Å²) < 4.78 is 13.2. The SMILES string of the molecule is NNC(CCC1CCCC1)Cc1cc(F)ccc1Cl. The minimum Gasteiger partial charge on any atom is -0.271 e. The van der Waals surface area contributed by atoms with E-state index in [0.717, 1.165) is 17.9 Å². The van der Waals surface area contributed by atoms with Gasteiger partial charge >= 0.3 is 0 Å². The summed E-state index contributed by atoms with van der Waals surface area (Å²) in [5, 5.41) is 0.613. The van der Waals surface area contributed by atoms with Gasteiger partial charge < -0.3 is 0 Å². The third-order valence-electron chi connectivity index (χ3n) is 4.11. The lowest BCUT2D eigenvalue weighted by atomic mass is 9.95. The lowest BCUT2D eigenvalue weighted by molar-refractivity contribution is 0.406. The molecule has 1 saturated carbocycles. The highest BCUT2D eigenvalue weighted by Crippen LogP contribution is 2.29. The summed E-state index contributed by atoms with van der Waals surface area (Å²) in [6, 6.07) is 4.66. The molecule has 0 radical (unpaired) electrons. The van der Waals surface area contributed by atoms with Crippen LogP contribution in [0.3, 0.4) is 0 Å². The lowest BCUT2D eigenvalue weighted by Crippen LogP contribution is -2.37. The highest BCUT2D eigenvalue weighted by molar-refractivity contribution is 6.31. The molecule has 2 rings (SSSR count). The Hall–Kier alpha value is -0.640. The second-order valence-corrected chi connectivity index (χ2v) is 5.94. The molecule has 1 unspecified atom stereocenters. The zero-order valence-electron chi connectivity index (χ0n) is 11.2. The van der Waals surface area contributed by atoms with Gasteiger partial charge in [0, 0.05) is 11.1 Å². The number of nitrogens with two attached hydrogens (primary N) is 1. The van der Waals surface area contributed by atoms with Crippen LogP contribution >= 0.6 is 11.6 Å². The third kappa shape index (κ3) is 4.44. The predicted molar refractivity (Wildman–Crippen MR) is 77.4 cm³/mol. The standard InChI is InChI=1S/C15H22ClFN2/c16-15-8-6-13(17)9-12(15)10-14(19-18)7-5-11-3-1-2-4-11/h6,8-9,11,14,19H,1-5,7,10,18H2. The minimum absolute atomic E-state index is 0.167. The van der Waals surface area contributed by atoms with Crippen LogP contribution in [0.4, 0.5) is 4.39 Å². The second kappa shape index (κ2) is 7.22. The van der Waals surface area contributed by atoms with E-state index >= 15 is 0 Å². The predicted octanol–water partition coefficient (Wildman–Crippen LogP) is 3.82. The van der Waals surface area contributed by atoms with E-state index < -0.39 is 0 Å². The normalized spacial score (nSPS) is 17.8. The molecule has 1 fully saturated rings. The van der Waals surface area contributed by atoms with E-state index in [-0.39, 0.29) is 11.9 Å².